The number of amides is 1. The van der Waals surface area contributed by atoms with Crippen LogP contribution >= 0.6 is 11.3 Å². The maximum atomic E-state index is 13.5. The molecule has 184 valence electrons. The summed E-state index contributed by atoms with van der Waals surface area (Å²) in [6.07, 6.45) is -3.56. The fourth-order valence-corrected chi connectivity index (χ4v) is 5.86. The van der Waals surface area contributed by atoms with Gasteiger partial charge in [0.1, 0.15) is 0 Å². The molecule has 1 amide bonds. The van der Waals surface area contributed by atoms with Crippen LogP contribution in [0.15, 0.2) is 94.7 Å². The molecule has 0 bridgehead atoms. The first-order valence-corrected chi connectivity index (χ1v) is 12.4. The Morgan fingerprint density at radius 3 is 2.50 bits per heavy atom. The van der Waals surface area contributed by atoms with Gasteiger partial charge in [-0.2, -0.15) is 13.2 Å². The second kappa shape index (κ2) is 9.43. The monoisotopic (exact) mass is 508 g/mol. The molecule has 1 aliphatic heterocycles. The van der Waals surface area contributed by atoms with Gasteiger partial charge in [0, 0.05) is 39.5 Å². The highest BCUT2D eigenvalue weighted by Crippen LogP contribution is 2.46. The lowest BCUT2D eigenvalue weighted by atomic mass is 9.73. The predicted octanol–water partition coefficient (Wildman–Crippen LogP) is 6.77. The predicted molar refractivity (Wildman–Crippen MR) is 133 cm³/mol. The zero-order valence-electron chi connectivity index (χ0n) is 19.4. The number of rotatable bonds is 4. The molecule has 1 aromatic heterocycles. The molecule has 0 fully saturated rings. The summed E-state index contributed by atoms with van der Waals surface area (Å²) in [4.78, 5) is 27.9. The number of ketones is 1. The molecular weight excluding hydrogens is 485 g/mol. The Morgan fingerprint density at radius 2 is 1.81 bits per heavy atom. The quantitative estimate of drug-likeness (QED) is 0.409. The zero-order chi connectivity index (χ0) is 25.4. The summed E-state index contributed by atoms with van der Waals surface area (Å²) >= 11 is 1.44. The van der Waals surface area contributed by atoms with Crippen molar-refractivity contribution in [1.82, 2.24) is 5.32 Å². The lowest BCUT2D eigenvalue weighted by Crippen LogP contribution is -2.36. The van der Waals surface area contributed by atoms with Crippen LogP contribution in [-0.4, -0.2) is 11.7 Å². The Morgan fingerprint density at radius 1 is 1.03 bits per heavy atom. The van der Waals surface area contributed by atoms with Gasteiger partial charge < -0.3 is 10.6 Å². The first-order chi connectivity index (χ1) is 17.2. The van der Waals surface area contributed by atoms with Crippen LogP contribution in [-0.2, 0) is 15.8 Å². The summed E-state index contributed by atoms with van der Waals surface area (Å²) in [5.74, 6) is -1.13. The van der Waals surface area contributed by atoms with E-state index in [0.717, 1.165) is 28.3 Å². The number of anilines is 1. The molecule has 2 atom stereocenters. The van der Waals surface area contributed by atoms with E-state index in [4.69, 9.17) is 0 Å². The molecule has 2 aromatic carbocycles. The Kier molecular flexibility index (Phi) is 6.30. The summed E-state index contributed by atoms with van der Waals surface area (Å²) in [5, 5.41) is 7.80. The summed E-state index contributed by atoms with van der Waals surface area (Å²) in [5.41, 5.74) is 2.55. The summed E-state index contributed by atoms with van der Waals surface area (Å²) in [6, 6.07) is 18.1. The van der Waals surface area contributed by atoms with Gasteiger partial charge in [-0.05, 0) is 54.5 Å². The number of carbonyl (C=O) groups excluding carboxylic acids is 2. The molecule has 2 heterocycles. The number of hydrogen-bond donors (Lipinski definition) is 2. The number of dihydropyridines is 1. The van der Waals surface area contributed by atoms with Crippen LogP contribution in [0.5, 0.6) is 0 Å². The molecule has 5 rings (SSSR count). The molecule has 3 aromatic rings. The standard InChI is InChI=1S/C28H23F3N2O2S/c1-16-24(27(35)33-20-10-5-9-19(15-20)28(29,30)31)26(23-11-6-12-36-23)25-21(32-16)13-18(14-22(25)34)17-7-3-2-4-8-17/h2-12,15,18,26,32H,13-14H2,1H3,(H,33,35)/t18-,26+/m1/s1. The lowest BCUT2D eigenvalue weighted by molar-refractivity contribution is -0.137. The van der Waals surface area contributed by atoms with Crippen LogP contribution in [0, 0.1) is 0 Å². The van der Waals surface area contributed by atoms with E-state index in [2.05, 4.69) is 10.6 Å². The lowest BCUT2D eigenvalue weighted by Gasteiger charge is -2.36. The van der Waals surface area contributed by atoms with Crippen molar-refractivity contribution in [2.75, 3.05) is 5.32 Å². The van der Waals surface area contributed by atoms with Crippen LogP contribution in [0.3, 0.4) is 0 Å². The largest absolute Gasteiger partial charge is 0.416 e. The Hall–Kier alpha value is -3.65. The molecule has 0 saturated carbocycles. The van der Waals surface area contributed by atoms with E-state index in [1.54, 1.807) is 6.92 Å². The topological polar surface area (TPSA) is 58.2 Å². The van der Waals surface area contributed by atoms with Crippen molar-refractivity contribution in [2.45, 2.75) is 37.8 Å². The van der Waals surface area contributed by atoms with Crippen molar-refractivity contribution in [2.24, 2.45) is 0 Å². The van der Waals surface area contributed by atoms with Gasteiger partial charge >= 0.3 is 6.18 Å². The fourth-order valence-electron chi connectivity index (χ4n) is 5.01. The van der Waals surface area contributed by atoms with E-state index >= 15 is 0 Å². The average molecular weight is 509 g/mol. The van der Waals surface area contributed by atoms with Gasteiger partial charge in [0.25, 0.3) is 5.91 Å². The Labute approximate surface area is 210 Å². The van der Waals surface area contributed by atoms with E-state index in [9.17, 15) is 22.8 Å². The fraction of sp³-hybridized carbons (Fsp3) is 0.214. The van der Waals surface area contributed by atoms with Crippen LogP contribution in [0.25, 0.3) is 0 Å². The van der Waals surface area contributed by atoms with E-state index in [1.165, 1.54) is 23.5 Å². The highest BCUT2D eigenvalue weighted by Gasteiger charge is 2.41. The summed E-state index contributed by atoms with van der Waals surface area (Å²) in [6.45, 7) is 1.77. The van der Waals surface area contributed by atoms with Crippen molar-refractivity contribution in [3.8, 4) is 0 Å². The van der Waals surface area contributed by atoms with Crippen molar-refractivity contribution in [1.29, 1.82) is 0 Å². The Bertz CT molecular complexity index is 1380. The molecule has 36 heavy (non-hydrogen) atoms. The zero-order valence-corrected chi connectivity index (χ0v) is 20.2. The molecule has 4 nitrogen and oxygen atoms in total. The summed E-state index contributed by atoms with van der Waals surface area (Å²) < 4.78 is 39.5. The molecule has 0 saturated heterocycles. The number of benzene rings is 2. The normalized spacial score (nSPS) is 20.2. The number of Topliss-reactive ketones (excluding diaryl/α,β-unsaturated/α-hetero) is 1. The number of thiophene rings is 1. The third-order valence-corrected chi connectivity index (χ3v) is 7.56. The Balaban J connectivity index is 1.50. The first kappa shape index (κ1) is 24.1. The van der Waals surface area contributed by atoms with Gasteiger partial charge in [-0.25, -0.2) is 0 Å². The van der Waals surface area contributed by atoms with E-state index in [0.29, 0.717) is 29.7 Å². The van der Waals surface area contributed by atoms with Crippen molar-refractivity contribution < 1.29 is 22.8 Å². The number of carbonyl (C=O) groups is 2. The number of nitrogens with one attached hydrogen (secondary N) is 2. The van der Waals surface area contributed by atoms with Gasteiger partial charge in [0.2, 0.25) is 0 Å². The van der Waals surface area contributed by atoms with Crippen molar-refractivity contribution >= 4 is 28.7 Å². The number of hydrogen-bond acceptors (Lipinski definition) is 4. The average Bonchev–Trinajstić information content (AvgIpc) is 3.38. The molecule has 8 heteroatoms. The van der Waals surface area contributed by atoms with Crippen LogP contribution < -0.4 is 10.6 Å². The van der Waals surface area contributed by atoms with Gasteiger partial charge in [0.05, 0.1) is 11.5 Å². The SMILES string of the molecule is CC1=C(C(=O)Nc2cccc(C(F)(F)F)c2)[C@H](c2cccs2)C2=C(C[C@@H](c3ccccc3)CC2=O)N1. The molecule has 1 aliphatic carbocycles. The molecule has 0 spiro atoms. The highest BCUT2D eigenvalue weighted by atomic mass is 32.1. The minimum Gasteiger partial charge on any atom is -0.362 e. The molecule has 0 unspecified atom stereocenters. The van der Waals surface area contributed by atoms with Crippen LogP contribution in [0.2, 0.25) is 0 Å². The number of halogens is 3. The van der Waals surface area contributed by atoms with Gasteiger partial charge in [0.15, 0.2) is 5.78 Å². The van der Waals surface area contributed by atoms with E-state index in [-0.39, 0.29) is 17.4 Å². The van der Waals surface area contributed by atoms with Crippen molar-refractivity contribution in [3.63, 3.8) is 0 Å². The first-order valence-electron chi connectivity index (χ1n) is 11.5. The smallest absolute Gasteiger partial charge is 0.362 e. The van der Waals surface area contributed by atoms with E-state index < -0.39 is 23.6 Å². The number of allylic oxidation sites excluding steroid dienone is 3. The van der Waals surface area contributed by atoms with Crippen LogP contribution in [0.1, 0.15) is 47.6 Å². The number of alkyl halides is 3. The minimum absolute atomic E-state index is 0.0298. The van der Waals surface area contributed by atoms with E-state index in [1.807, 2.05) is 47.8 Å². The van der Waals surface area contributed by atoms with Gasteiger partial charge in [-0.1, -0.05) is 42.5 Å². The second-order valence-corrected chi connectivity index (χ2v) is 9.96. The molecule has 2 N–H and O–H groups in total. The molecule has 2 aliphatic rings. The highest BCUT2D eigenvalue weighted by molar-refractivity contribution is 7.10. The van der Waals surface area contributed by atoms with Gasteiger partial charge in [-0.3, -0.25) is 9.59 Å². The van der Waals surface area contributed by atoms with Crippen molar-refractivity contribution in [3.05, 3.63) is 111 Å². The van der Waals surface area contributed by atoms with Gasteiger partial charge in [-0.15, -0.1) is 11.3 Å². The third-order valence-electron chi connectivity index (χ3n) is 6.62. The maximum Gasteiger partial charge on any atom is 0.416 e. The summed E-state index contributed by atoms with van der Waals surface area (Å²) in [7, 11) is 0. The third kappa shape index (κ3) is 4.60. The van der Waals surface area contributed by atoms with Crippen LogP contribution in [0.4, 0.5) is 18.9 Å². The maximum absolute atomic E-state index is 13.5. The molecular formula is C28H23F3N2O2S. The minimum atomic E-state index is -4.52. The molecule has 0 radical (unpaired) electrons. The second-order valence-electron chi connectivity index (χ2n) is 8.98.